The van der Waals surface area contributed by atoms with E-state index in [1.54, 1.807) is 0 Å². The van der Waals surface area contributed by atoms with Crippen LogP contribution in [0.25, 0.3) is 11.3 Å². The highest BCUT2D eigenvalue weighted by atomic mass is 35.5. The number of aromatic nitrogens is 1. The maximum Gasteiger partial charge on any atom is 0.433 e. The highest BCUT2D eigenvalue weighted by Gasteiger charge is 2.44. The topological polar surface area (TPSA) is 63.6 Å². The monoisotopic (exact) mass is 545 g/mol. The third kappa shape index (κ3) is 5.53. The SMILES string of the molecule is O=C(NCc1ccc(C(F)(F)F)nc1-c1ccc(F)c(Cl)c1)C1CCC2(CC1)CC(c1ccccc1)=NO2. The molecule has 38 heavy (non-hydrogen) atoms. The van der Waals surface area contributed by atoms with Gasteiger partial charge in [0, 0.05) is 24.4 Å². The lowest BCUT2D eigenvalue weighted by atomic mass is 9.76. The quantitative estimate of drug-likeness (QED) is 0.354. The number of amides is 1. The second-order valence-electron chi connectivity index (χ2n) is 9.68. The first-order valence-electron chi connectivity index (χ1n) is 12.2. The molecular weight excluding hydrogens is 522 g/mol. The molecule has 1 aliphatic heterocycles. The molecule has 0 saturated heterocycles. The first-order chi connectivity index (χ1) is 18.1. The van der Waals surface area contributed by atoms with Crippen molar-refractivity contribution in [1.29, 1.82) is 0 Å². The van der Waals surface area contributed by atoms with E-state index in [1.807, 2.05) is 30.3 Å². The van der Waals surface area contributed by atoms with Gasteiger partial charge in [0.1, 0.15) is 17.1 Å². The van der Waals surface area contributed by atoms with Gasteiger partial charge < -0.3 is 10.2 Å². The molecule has 0 unspecified atom stereocenters. The first kappa shape index (κ1) is 26.2. The fourth-order valence-corrected chi connectivity index (χ4v) is 5.17. The summed E-state index contributed by atoms with van der Waals surface area (Å²) in [5.74, 6) is -1.14. The molecule has 198 valence electrons. The smallest absolute Gasteiger partial charge is 0.389 e. The second kappa shape index (κ2) is 10.4. The molecule has 1 amide bonds. The van der Waals surface area contributed by atoms with Gasteiger partial charge in [-0.2, -0.15) is 13.2 Å². The van der Waals surface area contributed by atoms with Crippen LogP contribution in [0, 0.1) is 11.7 Å². The molecule has 2 heterocycles. The lowest BCUT2D eigenvalue weighted by molar-refractivity contribution is -0.141. The summed E-state index contributed by atoms with van der Waals surface area (Å²) in [6.45, 7) is -0.0340. The minimum absolute atomic E-state index is 0.0189. The number of oxime groups is 1. The molecule has 1 aromatic heterocycles. The molecule has 0 radical (unpaired) electrons. The fraction of sp³-hybridized carbons (Fsp3) is 0.321. The minimum atomic E-state index is -4.66. The molecule has 0 atom stereocenters. The van der Waals surface area contributed by atoms with E-state index in [0.29, 0.717) is 37.7 Å². The zero-order valence-corrected chi connectivity index (χ0v) is 21.0. The Morgan fingerprint density at radius 1 is 1.05 bits per heavy atom. The zero-order chi connectivity index (χ0) is 26.9. The lowest BCUT2D eigenvalue weighted by Gasteiger charge is -2.34. The van der Waals surface area contributed by atoms with Crippen LogP contribution in [0.2, 0.25) is 5.02 Å². The minimum Gasteiger partial charge on any atom is -0.389 e. The van der Waals surface area contributed by atoms with Gasteiger partial charge in [-0.05, 0) is 61.1 Å². The van der Waals surface area contributed by atoms with E-state index in [0.717, 1.165) is 23.4 Å². The van der Waals surface area contributed by atoms with Crippen LogP contribution in [-0.4, -0.2) is 22.2 Å². The van der Waals surface area contributed by atoms with Crippen molar-refractivity contribution in [2.24, 2.45) is 11.1 Å². The van der Waals surface area contributed by atoms with Gasteiger partial charge in [-0.25, -0.2) is 9.37 Å². The molecule has 1 fully saturated rings. The standard InChI is InChI=1S/C28H24ClF4N3O2/c29-21-14-19(6-8-22(21)30)25-20(7-9-24(35-25)28(31,32)33)16-34-26(37)18-10-12-27(13-11-18)15-23(36-38-27)17-4-2-1-3-5-17/h1-9,14,18H,10-13,15-16H2,(H,34,37). The van der Waals surface area contributed by atoms with Crippen LogP contribution in [0.4, 0.5) is 17.6 Å². The van der Waals surface area contributed by atoms with Gasteiger partial charge in [-0.15, -0.1) is 0 Å². The number of carbonyl (C=O) groups excluding carboxylic acids is 1. The summed E-state index contributed by atoms with van der Waals surface area (Å²) in [5.41, 5.74) is 0.988. The number of rotatable bonds is 5. The lowest BCUT2D eigenvalue weighted by Crippen LogP contribution is -2.39. The van der Waals surface area contributed by atoms with Gasteiger partial charge in [0.25, 0.3) is 0 Å². The van der Waals surface area contributed by atoms with E-state index < -0.39 is 23.3 Å². The van der Waals surface area contributed by atoms with Crippen molar-refractivity contribution in [2.45, 2.75) is 50.4 Å². The number of benzene rings is 2. The average molecular weight is 546 g/mol. The first-order valence-corrected chi connectivity index (χ1v) is 12.6. The fourth-order valence-electron chi connectivity index (χ4n) is 4.99. The predicted molar refractivity (Wildman–Crippen MR) is 135 cm³/mol. The molecule has 1 spiro atoms. The molecule has 0 bridgehead atoms. The maximum absolute atomic E-state index is 13.7. The van der Waals surface area contributed by atoms with Gasteiger partial charge in [0.15, 0.2) is 0 Å². The van der Waals surface area contributed by atoms with Crippen molar-refractivity contribution in [3.05, 3.63) is 88.3 Å². The molecule has 10 heteroatoms. The van der Waals surface area contributed by atoms with Crippen LogP contribution >= 0.6 is 11.6 Å². The number of hydrogen-bond acceptors (Lipinski definition) is 4. The van der Waals surface area contributed by atoms with Crippen LogP contribution in [0.15, 0.2) is 65.8 Å². The van der Waals surface area contributed by atoms with Crippen LogP contribution < -0.4 is 5.32 Å². The molecule has 5 rings (SSSR count). The summed E-state index contributed by atoms with van der Waals surface area (Å²) < 4.78 is 53.6. The Morgan fingerprint density at radius 3 is 2.47 bits per heavy atom. The summed E-state index contributed by atoms with van der Waals surface area (Å²) in [4.78, 5) is 22.6. The van der Waals surface area contributed by atoms with Crippen molar-refractivity contribution >= 4 is 23.2 Å². The van der Waals surface area contributed by atoms with Crippen molar-refractivity contribution in [3.8, 4) is 11.3 Å². The largest absolute Gasteiger partial charge is 0.433 e. The van der Waals surface area contributed by atoms with E-state index in [-0.39, 0.29) is 34.6 Å². The summed E-state index contributed by atoms with van der Waals surface area (Å²) in [6.07, 6.45) is -1.42. The van der Waals surface area contributed by atoms with E-state index in [9.17, 15) is 22.4 Å². The Balaban J connectivity index is 1.24. The average Bonchev–Trinajstić information content (AvgIpc) is 3.32. The number of nitrogens with one attached hydrogen (secondary N) is 1. The predicted octanol–water partition coefficient (Wildman–Crippen LogP) is 6.93. The highest BCUT2D eigenvalue weighted by Crippen LogP contribution is 2.42. The normalized spacial score (nSPS) is 21.2. The summed E-state index contributed by atoms with van der Waals surface area (Å²) in [6, 6.07) is 15.6. The third-order valence-corrected chi connectivity index (χ3v) is 7.42. The maximum atomic E-state index is 13.7. The van der Waals surface area contributed by atoms with Gasteiger partial charge in [0.2, 0.25) is 5.91 Å². The molecule has 3 aromatic rings. The summed E-state index contributed by atoms with van der Waals surface area (Å²) in [5, 5.41) is 6.90. The van der Waals surface area contributed by atoms with Gasteiger partial charge in [0.05, 0.1) is 16.4 Å². The van der Waals surface area contributed by atoms with Crippen molar-refractivity contribution in [1.82, 2.24) is 10.3 Å². The van der Waals surface area contributed by atoms with Gasteiger partial charge in [-0.3, -0.25) is 4.79 Å². The Labute approximate surface area is 221 Å². The molecule has 2 aliphatic rings. The van der Waals surface area contributed by atoms with Crippen LogP contribution in [0.5, 0.6) is 0 Å². The number of carbonyl (C=O) groups is 1. The Hall–Kier alpha value is -3.46. The molecule has 1 aliphatic carbocycles. The van der Waals surface area contributed by atoms with Crippen molar-refractivity contribution in [2.75, 3.05) is 0 Å². The Kier molecular flexibility index (Phi) is 7.13. The van der Waals surface area contributed by atoms with E-state index in [4.69, 9.17) is 16.4 Å². The summed E-state index contributed by atoms with van der Waals surface area (Å²) in [7, 11) is 0. The summed E-state index contributed by atoms with van der Waals surface area (Å²) >= 11 is 5.86. The number of alkyl halides is 3. The number of pyridine rings is 1. The zero-order valence-electron chi connectivity index (χ0n) is 20.2. The second-order valence-corrected chi connectivity index (χ2v) is 10.1. The van der Waals surface area contributed by atoms with E-state index in [1.165, 1.54) is 18.2 Å². The van der Waals surface area contributed by atoms with E-state index >= 15 is 0 Å². The molecule has 1 N–H and O–H groups in total. The van der Waals surface area contributed by atoms with Crippen molar-refractivity contribution in [3.63, 3.8) is 0 Å². The van der Waals surface area contributed by atoms with Gasteiger partial charge >= 0.3 is 6.18 Å². The van der Waals surface area contributed by atoms with Gasteiger partial charge in [-0.1, -0.05) is 53.2 Å². The van der Waals surface area contributed by atoms with E-state index in [2.05, 4.69) is 15.5 Å². The third-order valence-electron chi connectivity index (χ3n) is 7.13. The number of nitrogens with zero attached hydrogens (tertiary/aromatic N) is 2. The van der Waals surface area contributed by atoms with Crippen LogP contribution in [0.1, 0.15) is 48.9 Å². The highest BCUT2D eigenvalue weighted by molar-refractivity contribution is 6.31. The van der Waals surface area contributed by atoms with Crippen LogP contribution in [0.3, 0.4) is 0 Å². The molecule has 2 aromatic carbocycles. The number of halogens is 5. The molecule has 1 saturated carbocycles. The van der Waals surface area contributed by atoms with Crippen LogP contribution in [-0.2, 0) is 22.4 Å². The Morgan fingerprint density at radius 2 is 1.79 bits per heavy atom. The Bertz CT molecular complexity index is 1370. The number of hydrogen-bond donors (Lipinski definition) is 1. The molecular formula is C28H24ClF4N3O2. The van der Waals surface area contributed by atoms with Crippen molar-refractivity contribution < 1.29 is 27.2 Å². The molecule has 5 nitrogen and oxygen atoms in total.